The van der Waals surface area contributed by atoms with E-state index < -0.39 is 0 Å². The van der Waals surface area contributed by atoms with Crippen LogP contribution in [0, 0.1) is 11.8 Å². The lowest BCUT2D eigenvalue weighted by atomic mass is 10.2. The standard InChI is InChI=1S/C13H15N3O/c1-13(2,3)17-12-8-6-11(7-9-12)5-4-10-15-16-14/h6-9H,10H2,1-3H3. The lowest BCUT2D eigenvalue weighted by Crippen LogP contribution is -2.22. The molecule has 0 aliphatic carbocycles. The highest BCUT2D eigenvalue weighted by Gasteiger charge is 2.10. The Balaban J connectivity index is 2.67. The average molecular weight is 229 g/mol. The summed E-state index contributed by atoms with van der Waals surface area (Å²) in [5.74, 6) is 6.48. The molecule has 0 N–H and O–H groups in total. The number of hydrogen-bond donors (Lipinski definition) is 0. The first-order valence-electron chi connectivity index (χ1n) is 5.30. The summed E-state index contributed by atoms with van der Waals surface area (Å²) in [6.45, 7) is 6.19. The van der Waals surface area contributed by atoms with Gasteiger partial charge in [0, 0.05) is 10.5 Å². The summed E-state index contributed by atoms with van der Waals surface area (Å²) in [6.07, 6.45) is 0. The maximum absolute atomic E-state index is 8.08. The molecule has 0 unspecified atom stereocenters. The number of hydrogen-bond acceptors (Lipinski definition) is 2. The number of azide groups is 1. The minimum atomic E-state index is -0.200. The molecule has 1 aromatic rings. The van der Waals surface area contributed by atoms with Crippen LogP contribution in [0.15, 0.2) is 29.4 Å². The average Bonchev–Trinajstić information content (AvgIpc) is 2.25. The maximum Gasteiger partial charge on any atom is 0.120 e. The number of rotatable bonds is 2. The van der Waals surface area contributed by atoms with Gasteiger partial charge in [0.2, 0.25) is 0 Å². The van der Waals surface area contributed by atoms with Crippen LogP contribution in [0.4, 0.5) is 0 Å². The van der Waals surface area contributed by atoms with Crippen LogP contribution in [0.1, 0.15) is 26.3 Å². The molecule has 0 aliphatic rings. The summed E-state index contributed by atoms with van der Waals surface area (Å²) in [5.41, 5.74) is 8.76. The monoisotopic (exact) mass is 229 g/mol. The van der Waals surface area contributed by atoms with Gasteiger partial charge in [-0.15, -0.1) is 0 Å². The SMILES string of the molecule is CC(C)(C)Oc1ccc(C#CCN=[N+]=[N-])cc1. The topological polar surface area (TPSA) is 58.0 Å². The normalized spacial score (nSPS) is 9.82. The van der Waals surface area contributed by atoms with Gasteiger partial charge in [-0.2, -0.15) is 0 Å². The van der Waals surface area contributed by atoms with Crippen LogP contribution in [0.3, 0.4) is 0 Å². The van der Waals surface area contributed by atoms with Crippen molar-refractivity contribution < 1.29 is 4.74 Å². The molecule has 0 saturated heterocycles. The molecule has 88 valence electrons. The van der Waals surface area contributed by atoms with Crippen LogP contribution >= 0.6 is 0 Å². The Hall–Kier alpha value is -2.11. The van der Waals surface area contributed by atoms with Crippen molar-refractivity contribution in [1.29, 1.82) is 0 Å². The highest BCUT2D eigenvalue weighted by molar-refractivity contribution is 5.38. The van der Waals surface area contributed by atoms with Crippen LogP contribution in [0.2, 0.25) is 0 Å². The van der Waals surface area contributed by atoms with Crippen LogP contribution in [-0.4, -0.2) is 12.1 Å². The quantitative estimate of drug-likeness (QED) is 0.331. The van der Waals surface area contributed by atoms with E-state index in [1.807, 2.05) is 45.0 Å². The van der Waals surface area contributed by atoms with Gasteiger partial charge < -0.3 is 4.74 Å². The molecule has 17 heavy (non-hydrogen) atoms. The second-order valence-electron chi connectivity index (χ2n) is 4.43. The summed E-state index contributed by atoms with van der Waals surface area (Å²) in [7, 11) is 0. The van der Waals surface area contributed by atoms with Crippen molar-refractivity contribution in [2.75, 3.05) is 6.54 Å². The first kappa shape index (κ1) is 13.0. The third-order valence-electron chi connectivity index (χ3n) is 1.72. The van der Waals surface area contributed by atoms with Gasteiger partial charge in [0.25, 0.3) is 0 Å². The zero-order chi connectivity index (χ0) is 12.7. The fraction of sp³-hybridized carbons (Fsp3) is 0.385. The van der Waals surface area contributed by atoms with Crippen molar-refractivity contribution in [2.45, 2.75) is 26.4 Å². The molecule has 4 heteroatoms. The van der Waals surface area contributed by atoms with E-state index in [0.29, 0.717) is 0 Å². The van der Waals surface area contributed by atoms with Crippen molar-refractivity contribution in [2.24, 2.45) is 5.11 Å². The van der Waals surface area contributed by atoms with Gasteiger partial charge in [0.1, 0.15) is 11.4 Å². The van der Waals surface area contributed by atoms with Gasteiger partial charge in [0.05, 0.1) is 6.54 Å². The zero-order valence-corrected chi connectivity index (χ0v) is 10.3. The largest absolute Gasteiger partial charge is 0.488 e. The minimum absolute atomic E-state index is 0.191. The predicted octanol–water partition coefficient (Wildman–Crippen LogP) is 3.53. The summed E-state index contributed by atoms with van der Waals surface area (Å²) in [5, 5.41) is 3.34. The molecular formula is C13H15N3O. The fourth-order valence-corrected chi connectivity index (χ4v) is 1.17. The molecule has 4 nitrogen and oxygen atoms in total. The molecule has 1 rings (SSSR count). The highest BCUT2D eigenvalue weighted by atomic mass is 16.5. The third kappa shape index (κ3) is 5.50. The molecule has 0 saturated carbocycles. The Kier molecular flexibility index (Phi) is 4.45. The van der Waals surface area contributed by atoms with Gasteiger partial charge in [-0.25, -0.2) is 0 Å². The van der Waals surface area contributed by atoms with Crippen LogP contribution < -0.4 is 4.74 Å². The van der Waals surface area contributed by atoms with Crippen molar-refractivity contribution in [1.82, 2.24) is 0 Å². The summed E-state index contributed by atoms with van der Waals surface area (Å²) < 4.78 is 5.68. The number of benzene rings is 1. The van der Waals surface area contributed by atoms with E-state index in [-0.39, 0.29) is 12.1 Å². The molecule has 0 fully saturated rings. The predicted molar refractivity (Wildman–Crippen MR) is 67.7 cm³/mol. The first-order chi connectivity index (χ1) is 8.01. The first-order valence-corrected chi connectivity index (χ1v) is 5.30. The smallest absolute Gasteiger partial charge is 0.120 e. The van der Waals surface area contributed by atoms with Crippen LogP contribution in [0.5, 0.6) is 5.75 Å². The minimum Gasteiger partial charge on any atom is -0.488 e. The lowest BCUT2D eigenvalue weighted by Gasteiger charge is -2.21. The van der Waals surface area contributed by atoms with Crippen LogP contribution in [0.25, 0.3) is 10.4 Å². The van der Waals surface area contributed by atoms with Gasteiger partial charge in [0.15, 0.2) is 0 Å². The van der Waals surface area contributed by atoms with E-state index in [9.17, 15) is 0 Å². The molecule has 1 aromatic carbocycles. The lowest BCUT2D eigenvalue weighted by molar-refractivity contribution is 0.131. The number of nitrogens with zero attached hydrogens (tertiary/aromatic N) is 3. The van der Waals surface area contributed by atoms with Gasteiger partial charge in [-0.1, -0.05) is 17.0 Å². The van der Waals surface area contributed by atoms with Crippen molar-refractivity contribution >= 4 is 0 Å². The van der Waals surface area contributed by atoms with E-state index in [4.69, 9.17) is 10.3 Å². The summed E-state index contributed by atoms with van der Waals surface area (Å²) in [4.78, 5) is 2.62. The second-order valence-corrected chi connectivity index (χ2v) is 4.43. The Morgan fingerprint density at radius 1 is 1.29 bits per heavy atom. The summed E-state index contributed by atoms with van der Waals surface area (Å²) >= 11 is 0. The Labute approximate surface area is 101 Å². The van der Waals surface area contributed by atoms with Crippen molar-refractivity contribution in [3.05, 3.63) is 40.3 Å². The van der Waals surface area contributed by atoms with E-state index in [1.165, 1.54) is 0 Å². The zero-order valence-electron chi connectivity index (χ0n) is 10.3. The van der Waals surface area contributed by atoms with Gasteiger partial charge in [-0.3, -0.25) is 0 Å². The van der Waals surface area contributed by atoms with E-state index in [1.54, 1.807) is 0 Å². The van der Waals surface area contributed by atoms with Gasteiger partial charge in [-0.05, 0) is 50.6 Å². The molecule has 0 aliphatic heterocycles. The molecular weight excluding hydrogens is 214 g/mol. The summed E-state index contributed by atoms with van der Waals surface area (Å²) in [6, 6.07) is 7.51. The Morgan fingerprint density at radius 3 is 2.47 bits per heavy atom. The third-order valence-corrected chi connectivity index (χ3v) is 1.72. The van der Waals surface area contributed by atoms with Crippen LogP contribution in [-0.2, 0) is 0 Å². The van der Waals surface area contributed by atoms with E-state index in [0.717, 1.165) is 11.3 Å². The molecule has 0 radical (unpaired) electrons. The molecule has 0 atom stereocenters. The number of ether oxygens (including phenoxy) is 1. The van der Waals surface area contributed by atoms with Crippen molar-refractivity contribution in [3.8, 4) is 17.6 Å². The van der Waals surface area contributed by atoms with Crippen molar-refractivity contribution in [3.63, 3.8) is 0 Å². The van der Waals surface area contributed by atoms with Gasteiger partial charge >= 0.3 is 0 Å². The second kappa shape index (κ2) is 5.83. The molecule has 0 bridgehead atoms. The highest BCUT2D eigenvalue weighted by Crippen LogP contribution is 2.17. The van der Waals surface area contributed by atoms with E-state index >= 15 is 0 Å². The molecule has 0 spiro atoms. The maximum atomic E-state index is 8.08. The molecule has 0 aromatic heterocycles. The fourth-order valence-electron chi connectivity index (χ4n) is 1.17. The Morgan fingerprint density at radius 2 is 1.94 bits per heavy atom. The molecule has 0 amide bonds. The molecule has 0 heterocycles. The Bertz CT molecular complexity index is 468. The van der Waals surface area contributed by atoms with E-state index in [2.05, 4.69) is 21.9 Å².